The van der Waals surface area contributed by atoms with E-state index < -0.39 is 15.4 Å². The largest absolute Gasteiger partial charge is 0.283 e. The topological polar surface area (TPSA) is 78.0 Å². The van der Waals surface area contributed by atoms with E-state index >= 15 is 0 Å². The minimum absolute atomic E-state index is 0.00890. The van der Waals surface area contributed by atoms with Crippen molar-refractivity contribution in [2.45, 2.75) is 62.7 Å². The highest BCUT2D eigenvalue weighted by molar-refractivity contribution is 7.89. The molecule has 4 aliphatic rings. The van der Waals surface area contributed by atoms with E-state index in [2.05, 4.69) is 0 Å². The van der Waals surface area contributed by atoms with E-state index in [1.807, 2.05) is 17.0 Å². The van der Waals surface area contributed by atoms with Gasteiger partial charge in [-0.05, 0) is 55.4 Å². The van der Waals surface area contributed by atoms with Crippen molar-refractivity contribution in [3.05, 3.63) is 29.3 Å². The molecule has 3 fully saturated rings. The second-order valence-corrected chi connectivity index (χ2v) is 11.5. The summed E-state index contributed by atoms with van der Waals surface area (Å²) in [6.07, 6.45) is 8.24. The van der Waals surface area contributed by atoms with Gasteiger partial charge in [-0.25, -0.2) is 8.42 Å². The summed E-state index contributed by atoms with van der Waals surface area (Å²) in [5, 5.41) is 0. The molecule has 1 aromatic carbocycles. The third-order valence-corrected chi connectivity index (χ3v) is 9.58. The van der Waals surface area contributed by atoms with Gasteiger partial charge in [-0.3, -0.25) is 19.4 Å². The molecular weight excluding hydrogens is 414 g/mol. The molecule has 2 amide bonds. The summed E-state index contributed by atoms with van der Waals surface area (Å²) in [7, 11) is -3.52. The van der Waals surface area contributed by atoms with Crippen LogP contribution in [-0.4, -0.2) is 67.2 Å². The standard InChI is InChI=1S/C23H31N3O4S/c27-21-16-23(9-2-1-3-10-23)22(28)26(21)17-24-11-13-25(14-12-24)31(29,30)20-8-7-18-5-4-6-19(18)15-20/h7-8,15H,1-6,9-14,16-17H2. The minimum atomic E-state index is -3.52. The Labute approximate surface area is 184 Å². The Morgan fingerprint density at radius 2 is 1.58 bits per heavy atom. The van der Waals surface area contributed by atoms with Crippen LogP contribution in [0.3, 0.4) is 0 Å². The first kappa shape index (κ1) is 21.1. The smallest absolute Gasteiger partial charge is 0.243 e. The number of benzene rings is 1. The van der Waals surface area contributed by atoms with Crippen molar-refractivity contribution in [1.29, 1.82) is 0 Å². The van der Waals surface area contributed by atoms with E-state index in [9.17, 15) is 18.0 Å². The number of likely N-dealkylation sites (tertiary alicyclic amines) is 1. The van der Waals surface area contributed by atoms with Gasteiger partial charge in [-0.1, -0.05) is 25.3 Å². The molecule has 0 aromatic heterocycles. The fourth-order valence-corrected chi connectivity index (χ4v) is 7.26. The maximum atomic E-state index is 13.1. The molecule has 1 saturated carbocycles. The zero-order valence-corrected chi connectivity index (χ0v) is 18.8. The second-order valence-electron chi connectivity index (χ2n) is 9.59. The molecule has 31 heavy (non-hydrogen) atoms. The first-order valence-corrected chi connectivity index (χ1v) is 13.0. The van der Waals surface area contributed by atoms with Gasteiger partial charge >= 0.3 is 0 Å². The number of rotatable bonds is 4. The summed E-state index contributed by atoms with van der Waals surface area (Å²) in [6, 6.07) is 5.53. The number of hydrogen-bond donors (Lipinski definition) is 0. The summed E-state index contributed by atoms with van der Waals surface area (Å²) in [4.78, 5) is 29.5. The molecule has 0 unspecified atom stereocenters. The number of aryl methyl sites for hydroxylation is 2. The van der Waals surface area contributed by atoms with Gasteiger partial charge in [0, 0.05) is 32.6 Å². The number of hydrogen-bond acceptors (Lipinski definition) is 5. The number of piperazine rings is 1. The van der Waals surface area contributed by atoms with E-state index in [-0.39, 0.29) is 18.5 Å². The predicted molar refractivity (Wildman–Crippen MR) is 116 cm³/mol. The zero-order valence-electron chi connectivity index (χ0n) is 18.0. The number of carbonyl (C=O) groups excluding carboxylic acids is 2. The van der Waals surface area contributed by atoms with Crippen molar-refractivity contribution >= 4 is 21.8 Å². The van der Waals surface area contributed by atoms with Crippen LogP contribution < -0.4 is 0 Å². The number of imide groups is 1. The molecule has 2 heterocycles. The van der Waals surface area contributed by atoms with Crippen LogP contribution in [-0.2, 0) is 32.5 Å². The molecule has 168 valence electrons. The van der Waals surface area contributed by atoms with Gasteiger partial charge in [0.1, 0.15) is 0 Å². The van der Waals surface area contributed by atoms with Crippen molar-refractivity contribution in [3.8, 4) is 0 Å². The first-order chi connectivity index (χ1) is 14.9. The number of amides is 2. The highest BCUT2D eigenvalue weighted by Crippen LogP contribution is 2.45. The average Bonchev–Trinajstić information content (AvgIpc) is 3.33. The fourth-order valence-electron chi connectivity index (χ4n) is 5.79. The molecule has 2 aliphatic heterocycles. The Bertz CT molecular complexity index is 992. The monoisotopic (exact) mass is 445 g/mol. The summed E-state index contributed by atoms with van der Waals surface area (Å²) >= 11 is 0. The summed E-state index contributed by atoms with van der Waals surface area (Å²) in [5.41, 5.74) is 1.95. The zero-order chi connectivity index (χ0) is 21.6. The third-order valence-electron chi connectivity index (χ3n) is 7.68. The van der Waals surface area contributed by atoms with E-state index in [0.29, 0.717) is 37.5 Å². The lowest BCUT2D eigenvalue weighted by atomic mass is 9.73. The van der Waals surface area contributed by atoms with Gasteiger partial charge in [-0.15, -0.1) is 0 Å². The first-order valence-electron chi connectivity index (χ1n) is 11.6. The molecule has 8 heteroatoms. The van der Waals surface area contributed by atoms with Gasteiger partial charge in [-0.2, -0.15) is 4.31 Å². The molecule has 7 nitrogen and oxygen atoms in total. The minimum Gasteiger partial charge on any atom is -0.283 e. The molecule has 1 spiro atoms. The lowest BCUT2D eigenvalue weighted by molar-refractivity contribution is -0.145. The van der Waals surface area contributed by atoms with E-state index in [0.717, 1.165) is 56.9 Å². The second kappa shape index (κ2) is 7.98. The highest BCUT2D eigenvalue weighted by atomic mass is 32.2. The molecular formula is C23H31N3O4S. The van der Waals surface area contributed by atoms with Gasteiger partial charge in [0.15, 0.2) is 0 Å². The number of fused-ring (bicyclic) bond motifs is 1. The van der Waals surface area contributed by atoms with Crippen LogP contribution in [0.1, 0.15) is 56.1 Å². The van der Waals surface area contributed by atoms with E-state index in [1.165, 1.54) is 14.8 Å². The van der Waals surface area contributed by atoms with Crippen molar-refractivity contribution < 1.29 is 18.0 Å². The van der Waals surface area contributed by atoms with Crippen LogP contribution in [0.5, 0.6) is 0 Å². The number of sulfonamides is 1. The van der Waals surface area contributed by atoms with E-state index in [4.69, 9.17) is 0 Å². The summed E-state index contributed by atoms with van der Waals surface area (Å²) < 4.78 is 27.8. The Balaban J connectivity index is 1.22. The van der Waals surface area contributed by atoms with Gasteiger partial charge in [0.25, 0.3) is 0 Å². The predicted octanol–water partition coefficient (Wildman–Crippen LogP) is 2.15. The molecule has 0 atom stereocenters. The molecule has 1 aromatic rings. The van der Waals surface area contributed by atoms with E-state index in [1.54, 1.807) is 6.07 Å². The maximum Gasteiger partial charge on any atom is 0.243 e. The molecule has 2 saturated heterocycles. The van der Waals surface area contributed by atoms with Gasteiger partial charge < -0.3 is 0 Å². The number of carbonyl (C=O) groups is 2. The summed E-state index contributed by atoms with van der Waals surface area (Å²) in [6.45, 7) is 2.08. The maximum absolute atomic E-state index is 13.1. The SMILES string of the molecule is O=C1CC2(CCCCC2)C(=O)N1CN1CCN(S(=O)(=O)c2ccc3c(c2)CCC3)CC1. The molecule has 0 N–H and O–H groups in total. The van der Waals surface area contributed by atoms with Crippen LogP contribution in [0.25, 0.3) is 0 Å². The lowest BCUT2D eigenvalue weighted by Gasteiger charge is -2.36. The fraction of sp³-hybridized carbons (Fsp3) is 0.652. The quantitative estimate of drug-likeness (QED) is 0.664. The van der Waals surface area contributed by atoms with Crippen molar-refractivity contribution in [2.24, 2.45) is 5.41 Å². The summed E-state index contributed by atoms with van der Waals surface area (Å²) in [5.74, 6) is -0.0783. The van der Waals surface area contributed by atoms with Crippen LogP contribution in [0.2, 0.25) is 0 Å². The number of nitrogens with zero attached hydrogens (tertiary/aromatic N) is 3. The van der Waals surface area contributed by atoms with Gasteiger partial charge in [0.05, 0.1) is 17.0 Å². The Kier molecular flexibility index (Phi) is 5.43. The molecule has 0 radical (unpaired) electrons. The van der Waals surface area contributed by atoms with Crippen LogP contribution in [0.4, 0.5) is 0 Å². The highest BCUT2D eigenvalue weighted by Gasteiger charge is 2.51. The Morgan fingerprint density at radius 3 is 2.32 bits per heavy atom. The van der Waals surface area contributed by atoms with Crippen molar-refractivity contribution in [2.75, 3.05) is 32.8 Å². The van der Waals surface area contributed by atoms with Gasteiger partial charge in [0.2, 0.25) is 21.8 Å². The average molecular weight is 446 g/mol. The molecule has 2 aliphatic carbocycles. The normalized spacial score (nSPS) is 24.8. The lowest BCUT2D eigenvalue weighted by Crippen LogP contribution is -2.52. The Morgan fingerprint density at radius 1 is 0.871 bits per heavy atom. The van der Waals surface area contributed by atoms with Crippen molar-refractivity contribution in [3.63, 3.8) is 0 Å². The molecule has 5 rings (SSSR count). The third kappa shape index (κ3) is 3.72. The molecule has 0 bridgehead atoms. The van der Waals surface area contributed by atoms with Crippen LogP contribution in [0.15, 0.2) is 23.1 Å². The van der Waals surface area contributed by atoms with Crippen LogP contribution in [0, 0.1) is 5.41 Å². The Hall–Kier alpha value is -1.77. The van der Waals surface area contributed by atoms with Crippen LogP contribution >= 0.6 is 0 Å². The van der Waals surface area contributed by atoms with Crippen molar-refractivity contribution in [1.82, 2.24) is 14.1 Å².